The van der Waals surface area contributed by atoms with Gasteiger partial charge in [0.25, 0.3) is 0 Å². The molecule has 2 N–H and O–H groups in total. The maximum absolute atomic E-state index is 11.4. The number of nitrogens with one attached hydrogen (secondary N) is 2. The van der Waals surface area contributed by atoms with E-state index in [1.807, 2.05) is 0 Å². The van der Waals surface area contributed by atoms with Crippen LogP contribution in [-0.4, -0.2) is 28.1 Å². The van der Waals surface area contributed by atoms with Crippen LogP contribution in [0, 0.1) is 0 Å². The van der Waals surface area contributed by atoms with E-state index in [9.17, 15) is 9.59 Å². The Balaban J connectivity index is 2.00. The van der Waals surface area contributed by atoms with Crippen molar-refractivity contribution >= 4 is 29.4 Å². The number of imide groups is 1. The van der Waals surface area contributed by atoms with E-state index >= 15 is 0 Å². The number of hydrogen-bond acceptors (Lipinski definition) is 6. The van der Waals surface area contributed by atoms with Crippen molar-refractivity contribution in [2.45, 2.75) is 31.2 Å². The predicted molar refractivity (Wildman–Crippen MR) is 58.4 cm³/mol. The van der Waals surface area contributed by atoms with Gasteiger partial charge in [-0.05, 0) is 13.3 Å². The Bertz CT molecular complexity index is 445. The van der Waals surface area contributed by atoms with E-state index < -0.39 is 6.04 Å². The Morgan fingerprint density at radius 2 is 2.29 bits per heavy atom. The van der Waals surface area contributed by atoms with Crippen LogP contribution >= 0.6 is 11.6 Å². The highest BCUT2D eigenvalue weighted by atomic mass is 35.5. The van der Waals surface area contributed by atoms with Crippen molar-refractivity contribution in [2.24, 2.45) is 0 Å². The number of rotatable bonds is 3. The molecule has 0 spiro atoms. The average molecular weight is 259 g/mol. The highest BCUT2D eigenvalue weighted by molar-refractivity contribution is 6.20. The summed E-state index contributed by atoms with van der Waals surface area (Å²) in [5, 5.41) is 12.0. The smallest absolute Gasteiger partial charge is 0.316 e. The van der Waals surface area contributed by atoms with Crippen molar-refractivity contribution in [3.63, 3.8) is 0 Å². The first kappa shape index (κ1) is 11.8. The Labute approximate surface area is 102 Å². The molecule has 1 aliphatic rings. The van der Waals surface area contributed by atoms with Crippen molar-refractivity contribution in [1.29, 1.82) is 0 Å². The number of aromatic nitrogens is 2. The summed E-state index contributed by atoms with van der Waals surface area (Å²) in [6, 6.07) is -0.409. The minimum atomic E-state index is -0.536. The summed E-state index contributed by atoms with van der Waals surface area (Å²) >= 11 is 5.76. The molecule has 92 valence electrons. The standard InChI is InChI=1S/C9H11ClN4O3/c1-4(10)8-13-14-9(17-8)11-5-2-3-6(15)12-7(5)16/h4-5H,2-3H2,1H3,(H,11,14)(H,12,15,16). The number of carbonyl (C=O) groups is 2. The highest BCUT2D eigenvalue weighted by Gasteiger charge is 2.27. The van der Waals surface area contributed by atoms with Crippen LogP contribution < -0.4 is 10.6 Å². The molecule has 2 rings (SSSR count). The van der Waals surface area contributed by atoms with Gasteiger partial charge in [-0.3, -0.25) is 14.9 Å². The van der Waals surface area contributed by atoms with Crippen LogP contribution in [-0.2, 0) is 9.59 Å². The van der Waals surface area contributed by atoms with E-state index in [1.165, 1.54) is 0 Å². The summed E-state index contributed by atoms with van der Waals surface area (Å²) in [4.78, 5) is 22.4. The predicted octanol–water partition coefficient (Wildman–Crippen LogP) is 0.586. The molecule has 1 aliphatic heterocycles. The van der Waals surface area contributed by atoms with Gasteiger partial charge in [0.05, 0.1) is 0 Å². The van der Waals surface area contributed by atoms with Gasteiger partial charge in [0.1, 0.15) is 11.4 Å². The molecule has 2 unspecified atom stereocenters. The molecule has 2 amide bonds. The third kappa shape index (κ3) is 2.73. The van der Waals surface area contributed by atoms with Crippen molar-refractivity contribution in [2.75, 3.05) is 5.32 Å². The van der Waals surface area contributed by atoms with Crippen LogP contribution in [0.3, 0.4) is 0 Å². The second-order valence-corrected chi connectivity index (χ2v) is 4.36. The van der Waals surface area contributed by atoms with E-state index in [0.29, 0.717) is 6.42 Å². The lowest BCUT2D eigenvalue weighted by atomic mass is 10.1. The third-order valence-corrected chi connectivity index (χ3v) is 2.50. The van der Waals surface area contributed by atoms with Crippen LogP contribution in [0.25, 0.3) is 0 Å². The van der Waals surface area contributed by atoms with Crippen LogP contribution in [0.2, 0.25) is 0 Å². The molecule has 1 saturated heterocycles. The number of amides is 2. The topological polar surface area (TPSA) is 97.1 Å². The van der Waals surface area contributed by atoms with Crippen LogP contribution in [0.1, 0.15) is 31.0 Å². The van der Waals surface area contributed by atoms with Gasteiger partial charge < -0.3 is 9.73 Å². The van der Waals surface area contributed by atoms with Crippen LogP contribution in [0.4, 0.5) is 6.01 Å². The second kappa shape index (κ2) is 4.70. The van der Waals surface area contributed by atoms with Gasteiger partial charge in [-0.1, -0.05) is 5.10 Å². The van der Waals surface area contributed by atoms with Gasteiger partial charge in [-0.2, -0.15) is 0 Å². The lowest BCUT2D eigenvalue weighted by Gasteiger charge is -2.20. The molecule has 0 radical (unpaired) electrons. The summed E-state index contributed by atoms with van der Waals surface area (Å²) in [5.41, 5.74) is 0. The van der Waals surface area contributed by atoms with Gasteiger partial charge >= 0.3 is 6.01 Å². The molecule has 0 aliphatic carbocycles. The maximum atomic E-state index is 11.4. The molecule has 2 heterocycles. The Morgan fingerprint density at radius 3 is 2.88 bits per heavy atom. The number of anilines is 1. The summed E-state index contributed by atoms with van der Waals surface area (Å²) in [7, 11) is 0. The van der Waals surface area contributed by atoms with E-state index in [0.717, 1.165) is 0 Å². The van der Waals surface area contributed by atoms with Crippen molar-refractivity contribution in [3.05, 3.63) is 5.89 Å². The molecule has 17 heavy (non-hydrogen) atoms. The van der Waals surface area contributed by atoms with Gasteiger partial charge in [0, 0.05) is 6.42 Å². The molecular formula is C9H11ClN4O3. The lowest BCUT2D eigenvalue weighted by Crippen LogP contribution is -2.47. The zero-order chi connectivity index (χ0) is 12.4. The molecule has 7 nitrogen and oxygen atoms in total. The Hall–Kier alpha value is -1.63. The highest BCUT2D eigenvalue weighted by Crippen LogP contribution is 2.20. The zero-order valence-corrected chi connectivity index (χ0v) is 9.82. The largest absolute Gasteiger partial charge is 0.406 e. The monoisotopic (exact) mass is 258 g/mol. The fourth-order valence-corrected chi connectivity index (χ4v) is 1.52. The SMILES string of the molecule is CC(Cl)c1nnc(NC2CCC(=O)NC2=O)o1. The molecule has 0 bridgehead atoms. The van der Waals surface area contributed by atoms with E-state index in [4.69, 9.17) is 16.0 Å². The Morgan fingerprint density at radius 1 is 1.53 bits per heavy atom. The second-order valence-electron chi connectivity index (χ2n) is 3.71. The molecule has 2 atom stereocenters. The number of hydrogen-bond donors (Lipinski definition) is 2. The summed E-state index contributed by atoms with van der Waals surface area (Å²) < 4.78 is 5.19. The molecule has 1 aromatic heterocycles. The Kier molecular flexibility index (Phi) is 3.28. The number of halogens is 1. The lowest BCUT2D eigenvalue weighted by molar-refractivity contribution is -0.133. The van der Waals surface area contributed by atoms with Crippen molar-refractivity contribution in [3.8, 4) is 0 Å². The normalized spacial score (nSPS) is 22.1. The van der Waals surface area contributed by atoms with E-state index in [2.05, 4.69) is 20.8 Å². The first-order valence-electron chi connectivity index (χ1n) is 5.14. The van der Waals surface area contributed by atoms with Crippen molar-refractivity contribution < 1.29 is 14.0 Å². The van der Waals surface area contributed by atoms with Crippen molar-refractivity contribution in [1.82, 2.24) is 15.5 Å². The van der Waals surface area contributed by atoms with Gasteiger partial charge in [0.15, 0.2) is 0 Å². The molecule has 1 aromatic rings. The molecule has 8 heteroatoms. The van der Waals surface area contributed by atoms with E-state index in [1.54, 1.807) is 6.92 Å². The van der Waals surface area contributed by atoms with Gasteiger partial charge in [-0.15, -0.1) is 16.7 Å². The first-order chi connectivity index (χ1) is 8.06. The summed E-state index contributed by atoms with van der Waals surface area (Å²) in [6.07, 6.45) is 0.690. The summed E-state index contributed by atoms with van der Waals surface area (Å²) in [6.45, 7) is 1.70. The first-order valence-corrected chi connectivity index (χ1v) is 5.57. The summed E-state index contributed by atoms with van der Waals surface area (Å²) in [5.74, 6) is -0.380. The minimum absolute atomic E-state index is 0.127. The molecule has 0 saturated carbocycles. The van der Waals surface area contributed by atoms with Crippen LogP contribution in [0.5, 0.6) is 0 Å². The quantitative estimate of drug-likeness (QED) is 0.608. The van der Waals surface area contributed by atoms with Crippen LogP contribution in [0.15, 0.2) is 4.42 Å². The minimum Gasteiger partial charge on any atom is -0.406 e. The number of nitrogens with zero attached hydrogens (tertiary/aromatic N) is 2. The van der Waals surface area contributed by atoms with Gasteiger partial charge in [0.2, 0.25) is 17.7 Å². The maximum Gasteiger partial charge on any atom is 0.316 e. The molecular weight excluding hydrogens is 248 g/mol. The number of piperidine rings is 1. The number of carbonyl (C=O) groups excluding carboxylic acids is 2. The average Bonchev–Trinajstić information content (AvgIpc) is 2.71. The van der Waals surface area contributed by atoms with E-state index in [-0.39, 0.29) is 35.5 Å². The van der Waals surface area contributed by atoms with Gasteiger partial charge in [-0.25, -0.2) is 0 Å². The zero-order valence-electron chi connectivity index (χ0n) is 9.07. The third-order valence-electron chi connectivity index (χ3n) is 2.32. The number of alkyl halides is 1. The molecule has 0 aromatic carbocycles. The fraction of sp³-hybridized carbons (Fsp3) is 0.556. The molecule has 1 fully saturated rings. The fourth-order valence-electron chi connectivity index (χ4n) is 1.43.